The van der Waals surface area contributed by atoms with Gasteiger partial charge in [-0.3, -0.25) is 4.72 Å². The molecular weight excluding hydrogens is 342 g/mol. The van der Waals surface area contributed by atoms with Crippen LogP contribution in [0, 0.1) is 0 Å². The molecule has 1 unspecified atom stereocenters. The second-order valence-electron chi connectivity index (χ2n) is 4.49. The zero-order chi connectivity index (χ0) is 16.4. The minimum atomic E-state index is -5.49. The van der Waals surface area contributed by atoms with Crippen LogP contribution >= 0.6 is 0 Å². The van der Waals surface area contributed by atoms with Crippen molar-refractivity contribution < 1.29 is 26.7 Å². The normalized spacial score (nSPS) is 13.0. The molecule has 0 aliphatic heterocycles. The van der Waals surface area contributed by atoms with E-state index in [0.717, 1.165) is 6.07 Å². The van der Waals surface area contributed by atoms with Gasteiger partial charge >= 0.3 is 15.5 Å². The van der Waals surface area contributed by atoms with Crippen molar-refractivity contribution in [2.75, 3.05) is 4.72 Å². The van der Waals surface area contributed by atoms with Gasteiger partial charge in [0.1, 0.15) is 6.10 Å². The van der Waals surface area contributed by atoms with Crippen LogP contribution in [0.1, 0.15) is 17.2 Å². The van der Waals surface area contributed by atoms with Gasteiger partial charge in [-0.25, -0.2) is 0 Å². The summed E-state index contributed by atoms with van der Waals surface area (Å²) in [4.78, 5) is 0. The number of anilines is 1. The molecule has 0 aliphatic carbocycles. The molecule has 2 aromatic carbocycles. The molecule has 1 atom stereocenters. The van der Waals surface area contributed by atoms with Gasteiger partial charge < -0.3 is 5.11 Å². The minimum Gasteiger partial charge on any atom is -0.384 e. The first-order valence-electron chi connectivity index (χ1n) is 6.13. The summed E-state index contributed by atoms with van der Waals surface area (Å²) >= 11 is 0. The predicted molar refractivity (Wildman–Crippen MR) is 81.3 cm³/mol. The Morgan fingerprint density at radius 2 is 1.52 bits per heavy atom. The summed E-state index contributed by atoms with van der Waals surface area (Å²) in [6.45, 7) is 0. The summed E-state index contributed by atoms with van der Waals surface area (Å²) in [7, 11) is -5.49. The summed E-state index contributed by atoms with van der Waals surface area (Å²) in [5.41, 5.74) is -4.86. The number of aliphatic hydroxyl groups is 1. The number of alkyl halides is 3. The maximum Gasteiger partial charge on any atom is 0.516 e. The van der Waals surface area contributed by atoms with Crippen molar-refractivity contribution in [2.24, 2.45) is 0 Å². The van der Waals surface area contributed by atoms with Crippen molar-refractivity contribution in [3.8, 4) is 0 Å². The molecule has 0 saturated heterocycles. The Morgan fingerprint density at radius 1 is 0.957 bits per heavy atom. The van der Waals surface area contributed by atoms with Crippen LogP contribution in [0.3, 0.4) is 0 Å². The van der Waals surface area contributed by atoms with Crippen LogP contribution in [0.5, 0.6) is 0 Å². The number of aliphatic hydroxyl groups excluding tert-OH is 1. The number of benzene rings is 2. The van der Waals surface area contributed by atoms with Gasteiger partial charge in [-0.05, 0) is 23.3 Å². The van der Waals surface area contributed by atoms with Crippen molar-refractivity contribution in [2.45, 2.75) is 11.6 Å². The van der Waals surface area contributed by atoms with E-state index in [0.29, 0.717) is 5.56 Å². The first-order chi connectivity index (χ1) is 10.2. The average Bonchev–Trinajstić information content (AvgIpc) is 2.46. The number of nitrogens with one attached hydrogen (secondary N) is 1. The van der Waals surface area contributed by atoms with Crippen LogP contribution in [0.2, 0.25) is 0 Å². The first kappa shape index (κ1) is 20.0. The fraction of sp³-hybridized carbons (Fsp3) is 0.143. The molecule has 0 fully saturated rings. The molecule has 9 heteroatoms. The van der Waals surface area contributed by atoms with Crippen molar-refractivity contribution in [1.82, 2.24) is 0 Å². The average molecular weight is 354 g/mol. The van der Waals surface area contributed by atoms with Crippen molar-refractivity contribution in [3.05, 3.63) is 65.7 Å². The second-order valence-corrected chi connectivity index (χ2v) is 6.16. The van der Waals surface area contributed by atoms with E-state index in [4.69, 9.17) is 0 Å². The molecule has 1 radical (unpaired) electrons. The van der Waals surface area contributed by atoms with Crippen LogP contribution in [0.15, 0.2) is 54.6 Å². The molecule has 0 saturated carbocycles. The molecule has 23 heavy (non-hydrogen) atoms. The van der Waals surface area contributed by atoms with E-state index in [9.17, 15) is 26.7 Å². The number of rotatable bonds is 4. The Hall–Kier alpha value is -1.06. The Morgan fingerprint density at radius 3 is 2.09 bits per heavy atom. The molecule has 2 rings (SSSR count). The van der Waals surface area contributed by atoms with Gasteiger partial charge in [0, 0.05) is 35.2 Å². The van der Waals surface area contributed by atoms with E-state index in [2.05, 4.69) is 0 Å². The molecule has 119 valence electrons. The maximum absolute atomic E-state index is 12.3. The molecule has 0 aliphatic rings. The summed E-state index contributed by atoms with van der Waals surface area (Å²) in [6.07, 6.45) is -1.07. The quantitative estimate of drug-likeness (QED) is 0.830. The summed E-state index contributed by atoms with van der Waals surface area (Å²) in [5.74, 6) is 0. The number of hydrogen-bond donors (Lipinski definition) is 2. The van der Waals surface area contributed by atoms with E-state index in [1.165, 1.54) is 22.9 Å². The zero-order valence-corrected chi connectivity index (χ0v) is 14.9. The van der Waals surface area contributed by atoms with E-state index in [1.54, 1.807) is 30.3 Å². The third-order valence-electron chi connectivity index (χ3n) is 2.87. The predicted octanol–water partition coefficient (Wildman–Crippen LogP) is 2.65. The topological polar surface area (TPSA) is 66.4 Å². The van der Waals surface area contributed by atoms with Crippen molar-refractivity contribution >= 4 is 45.3 Å². The molecule has 0 amide bonds. The van der Waals surface area contributed by atoms with Gasteiger partial charge in [0.25, 0.3) is 0 Å². The van der Waals surface area contributed by atoms with Gasteiger partial charge in [-0.2, -0.15) is 21.6 Å². The molecule has 2 aromatic rings. The van der Waals surface area contributed by atoms with Crippen LogP contribution in [-0.2, 0) is 10.0 Å². The van der Waals surface area contributed by atoms with Gasteiger partial charge in [0.2, 0.25) is 0 Å². The first-order valence-corrected chi connectivity index (χ1v) is 7.61. The Balaban J connectivity index is 0.00000264. The SMILES string of the molecule is O=S(=O)(Nc1cccc(C(O)c2ccccc2)c1)C(F)(F)F.[Na]. The minimum absolute atomic E-state index is 0. The third kappa shape index (κ3) is 4.95. The van der Waals surface area contributed by atoms with E-state index < -0.39 is 21.6 Å². The second kappa shape index (κ2) is 7.67. The summed E-state index contributed by atoms with van der Waals surface area (Å²) in [5, 5.41) is 10.2. The molecule has 0 heterocycles. The standard InChI is InChI=1S/C14H12F3NO3S.Na/c15-14(16,17)22(20,21)18-12-8-4-7-11(9-12)13(19)10-5-2-1-3-6-10;/h1-9,13,18-19H;. The number of halogens is 3. The molecule has 2 N–H and O–H groups in total. The smallest absolute Gasteiger partial charge is 0.384 e. The van der Waals surface area contributed by atoms with Crippen molar-refractivity contribution in [1.29, 1.82) is 0 Å². The summed E-state index contributed by atoms with van der Waals surface area (Å²) in [6, 6.07) is 13.6. The van der Waals surface area contributed by atoms with Crippen LogP contribution in [0.4, 0.5) is 18.9 Å². The fourth-order valence-corrected chi connectivity index (χ4v) is 2.37. The van der Waals surface area contributed by atoms with E-state index >= 15 is 0 Å². The molecule has 0 spiro atoms. The number of sulfonamides is 1. The number of hydrogen-bond acceptors (Lipinski definition) is 3. The van der Waals surface area contributed by atoms with Gasteiger partial charge in [0.05, 0.1) is 0 Å². The Bertz CT molecular complexity index is 751. The van der Waals surface area contributed by atoms with Crippen LogP contribution in [-0.4, -0.2) is 48.6 Å². The maximum atomic E-state index is 12.3. The van der Waals surface area contributed by atoms with Gasteiger partial charge in [-0.1, -0.05) is 42.5 Å². The fourth-order valence-electron chi connectivity index (χ4n) is 1.81. The van der Waals surface area contributed by atoms with Crippen LogP contribution in [0.25, 0.3) is 0 Å². The molecule has 0 bridgehead atoms. The molecular formula is C14H12F3NNaO3S. The largest absolute Gasteiger partial charge is 0.516 e. The molecule has 4 nitrogen and oxygen atoms in total. The van der Waals surface area contributed by atoms with E-state index in [-0.39, 0.29) is 40.8 Å². The van der Waals surface area contributed by atoms with Crippen LogP contribution < -0.4 is 4.72 Å². The van der Waals surface area contributed by atoms with Gasteiger partial charge in [-0.15, -0.1) is 0 Å². The third-order valence-corrected chi connectivity index (χ3v) is 3.99. The molecule has 0 aromatic heterocycles. The summed E-state index contributed by atoms with van der Waals surface area (Å²) < 4.78 is 60.6. The Kier molecular flexibility index (Phi) is 6.67. The monoisotopic (exact) mass is 354 g/mol. The van der Waals surface area contributed by atoms with E-state index in [1.807, 2.05) is 0 Å². The Labute approximate surface area is 153 Å². The zero-order valence-electron chi connectivity index (χ0n) is 12.1. The van der Waals surface area contributed by atoms with Gasteiger partial charge in [0.15, 0.2) is 0 Å². The van der Waals surface area contributed by atoms with Crippen molar-refractivity contribution in [3.63, 3.8) is 0 Å².